The monoisotopic (exact) mass is 251 g/mol. The molecule has 0 spiro atoms. The summed E-state index contributed by atoms with van der Waals surface area (Å²) >= 11 is 0. The number of carbonyl (C=O) groups is 2. The van der Waals surface area contributed by atoms with Gasteiger partial charge in [-0.2, -0.15) is 5.26 Å². The Morgan fingerprint density at radius 3 is 2.72 bits per heavy atom. The van der Waals surface area contributed by atoms with Crippen molar-refractivity contribution in [3.63, 3.8) is 0 Å². The molecule has 1 aliphatic rings. The van der Waals surface area contributed by atoms with Gasteiger partial charge in [-0.3, -0.25) is 9.59 Å². The molecule has 0 aromatic heterocycles. The van der Waals surface area contributed by atoms with E-state index in [2.05, 4.69) is 0 Å². The van der Waals surface area contributed by atoms with E-state index in [1.165, 1.54) is 0 Å². The van der Waals surface area contributed by atoms with E-state index in [1.54, 1.807) is 9.80 Å². The molecule has 18 heavy (non-hydrogen) atoms. The van der Waals surface area contributed by atoms with E-state index in [-0.39, 0.29) is 24.4 Å². The van der Waals surface area contributed by atoms with Crippen molar-refractivity contribution in [3.05, 3.63) is 0 Å². The molecule has 0 saturated carbocycles. The smallest absolute Gasteiger partial charge is 0.246 e. The minimum atomic E-state index is -0.389. The number of hydrogen-bond acceptors (Lipinski definition) is 3. The van der Waals surface area contributed by atoms with Gasteiger partial charge in [0.25, 0.3) is 0 Å². The summed E-state index contributed by atoms with van der Waals surface area (Å²) in [4.78, 5) is 27.3. The summed E-state index contributed by atoms with van der Waals surface area (Å²) < 4.78 is 0. The van der Waals surface area contributed by atoms with Crippen molar-refractivity contribution in [2.24, 2.45) is 0 Å². The molecule has 1 atom stereocenters. The van der Waals surface area contributed by atoms with Gasteiger partial charge in [0.15, 0.2) is 0 Å². The summed E-state index contributed by atoms with van der Waals surface area (Å²) in [6.07, 6.45) is 2.79. The highest BCUT2D eigenvalue weighted by atomic mass is 16.2. The maximum atomic E-state index is 12.4. The molecular weight excluding hydrogens is 230 g/mol. The fraction of sp³-hybridized carbons (Fsp3) is 0.769. The maximum Gasteiger partial charge on any atom is 0.246 e. The zero-order chi connectivity index (χ0) is 13.5. The van der Waals surface area contributed by atoms with E-state index in [0.717, 1.165) is 12.8 Å². The summed E-state index contributed by atoms with van der Waals surface area (Å²) in [5.41, 5.74) is 0. The lowest BCUT2D eigenvalue weighted by Gasteiger charge is -2.30. The van der Waals surface area contributed by atoms with Crippen LogP contribution in [-0.4, -0.2) is 47.3 Å². The predicted octanol–water partition coefficient (Wildman–Crippen LogP) is 1.15. The molecule has 5 heteroatoms. The molecule has 0 aliphatic carbocycles. The molecule has 1 unspecified atom stereocenters. The van der Waals surface area contributed by atoms with Crippen LogP contribution in [0.3, 0.4) is 0 Å². The topological polar surface area (TPSA) is 64.4 Å². The van der Waals surface area contributed by atoms with Gasteiger partial charge in [0.1, 0.15) is 12.6 Å². The Morgan fingerprint density at radius 1 is 1.56 bits per heavy atom. The highest BCUT2D eigenvalue weighted by molar-refractivity contribution is 5.88. The third kappa shape index (κ3) is 3.22. The Balaban J connectivity index is 2.76. The maximum absolute atomic E-state index is 12.4. The number of carbonyl (C=O) groups excluding carboxylic acids is 2. The number of nitriles is 1. The first-order valence-corrected chi connectivity index (χ1v) is 6.60. The third-order valence-corrected chi connectivity index (χ3v) is 3.22. The molecule has 1 fully saturated rings. The van der Waals surface area contributed by atoms with Crippen molar-refractivity contribution >= 4 is 11.8 Å². The van der Waals surface area contributed by atoms with Crippen LogP contribution in [0.4, 0.5) is 0 Å². The lowest BCUT2D eigenvalue weighted by atomic mass is 10.1. The molecule has 1 aliphatic heterocycles. The van der Waals surface area contributed by atoms with Crippen molar-refractivity contribution in [2.75, 3.05) is 19.6 Å². The first-order valence-electron chi connectivity index (χ1n) is 6.60. The molecular formula is C13H21N3O2. The zero-order valence-corrected chi connectivity index (χ0v) is 11.2. The van der Waals surface area contributed by atoms with Crippen molar-refractivity contribution in [1.82, 2.24) is 9.80 Å². The molecule has 1 rings (SSSR count). The van der Waals surface area contributed by atoms with Gasteiger partial charge in [0.05, 0.1) is 6.07 Å². The number of likely N-dealkylation sites (tertiary alicyclic amines) is 1. The van der Waals surface area contributed by atoms with Gasteiger partial charge >= 0.3 is 0 Å². The molecule has 1 heterocycles. The first-order chi connectivity index (χ1) is 8.65. The predicted molar refractivity (Wildman–Crippen MR) is 67.5 cm³/mol. The largest absolute Gasteiger partial charge is 0.331 e. The summed E-state index contributed by atoms with van der Waals surface area (Å²) in [5.74, 6) is -0.0280. The Morgan fingerprint density at radius 2 is 2.28 bits per heavy atom. The van der Waals surface area contributed by atoms with Crippen LogP contribution in [0.2, 0.25) is 0 Å². The van der Waals surface area contributed by atoms with Gasteiger partial charge in [-0.25, -0.2) is 0 Å². The van der Waals surface area contributed by atoms with Gasteiger partial charge in [-0.05, 0) is 19.3 Å². The van der Waals surface area contributed by atoms with Gasteiger partial charge < -0.3 is 9.80 Å². The SMILES string of the molecule is CCCN(CC#N)C(=O)C(CC)N1CCCC1=O. The highest BCUT2D eigenvalue weighted by Gasteiger charge is 2.33. The second-order valence-corrected chi connectivity index (χ2v) is 4.53. The van der Waals surface area contributed by atoms with E-state index < -0.39 is 0 Å². The van der Waals surface area contributed by atoms with Crippen LogP contribution in [0.25, 0.3) is 0 Å². The quantitative estimate of drug-likeness (QED) is 0.665. The van der Waals surface area contributed by atoms with Gasteiger partial charge in [0.2, 0.25) is 11.8 Å². The lowest BCUT2D eigenvalue weighted by molar-refractivity contribution is -0.143. The lowest BCUT2D eigenvalue weighted by Crippen LogP contribution is -2.49. The Kier molecular flexibility index (Phi) is 5.63. The van der Waals surface area contributed by atoms with Crippen LogP contribution in [0.5, 0.6) is 0 Å². The summed E-state index contributed by atoms with van der Waals surface area (Å²) in [6, 6.07) is 1.63. The van der Waals surface area contributed by atoms with Gasteiger partial charge in [0, 0.05) is 19.5 Å². The zero-order valence-electron chi connectivity index (χ0n) is 11.2. The molecule has 1 saturated heterocycles. The second kappa shape index (κ2) is 7.00. The standard InChI is InChI=1S/C13H21N3O2/c1-3-8-15(10-7-14)13(18)11(4-2)16-9-5-6-12(16)17/h11H,3-6,8-10H2,1-2H3. The molecule has 0 aromatic rings. The molecule has 0 aromatic carbocycles. The van der Waals surface area contributed by atoms with Crippen LogP contribution in [0.15, 0.2) is 0 Å². The normalized spacial score (nSPS) is 16.5. The van der Waals surface area contributed by atoms with E-state index >= 15 is 0 Å². The Labute approximate surface area is 108 Å². The van der Waals surface area contributed by atoms with E-state index in [0.29, 0.717) is 25.9 Å². The minimum Gasteiger partial charge on any atom is -0.331 e. The fourth-order valence-corrected chi connectivity index (χ4v) is 2.36. The molecule has 100 valence electrons. The number of hydrogen-bond donors (Lipinski definition) is 0. The number of nitrogens with zero attached hydrogens (tertiary/aromatic N) is 3. The van der Waals surface area contributed by atoms with E-state index in [4.69, 9.17) is 5.26 Å². The molecule has 5 nitrogen and oxygen atoms in total. The average molecular weight is 251 g/mol. The minimum absolute atomic E-state index is 0.0589. The summed E-state index contributed by atoms with van der Waals surface area (Å²) in [7, 11) is 0. The van der Waals surface area contributed by atoms with Crippen LogP contribution in [-0.2, 0) is 9.59 Å². The molecule has 0 bridgehead atoms. The molecule has 0 radical (unpaired) electrons. The van der Waals surface area contributed by atoms with Crippen LogP contribution in [0.1, 0.15) is 39.5 Å². The first kappa shape index (κ1) is 14.5. The average Bonchev–Trinajstić information content (AvgIpc) is 2.76. The highest BCUT2D eigenvalue weighted by Crippen LogP contribution is 2.17. The van der Waals surface area contributed by atoms with Crippen LogP contribution in [0, 0.1) is 11.3 Å². The second-order valence-electron chi connectivity index (χ2n) is 4.53. The third-order valence-electron chi connectivity index (χ3n) is 3.22. The van der Waals surface area contributed by atoms with Gasteiger partial charge in [-0.1, -0.05) is 13.8 Å². The number of rotatable bonds is 6. The fourth-order valence-electron chi connectivity index (χ4n) is 2.36. The van der Waals surface area contributed by atoms with Crippen molar-refractivity contribution in [3.8, 4) is 6.07 Å². The van der Waals surface area contributed by atoms with Crippen LogP contribution < -0.4 is 0 Å². The van der Waals surface area contributed by atoms with Gasteiger partial charge in [-0.15, -0.1) is 0 Å². The van der Waals surface area contributed by atoms with E-state index in [9.17, 15) is 9.59 Å². The van der Waals surface area contributed by atoms with Crippen molar-refractivity contribution < 1.29 is 9.59 Å². The summed E-state index contributed by atoms with van der Waals surface area (Å²) in [6.45, 7) is 5.22. The van der Waals surface area contributed by atoms with Crippen LogP contribution >= 0.6 is 0 Å². The number of amides is 2. The van der Waals surface area contributed by atoms with Crippen molar-refractivity contribution in [2.45, 2.75) is 45.6 Å². The Bertz CT molecular complexity index is 349. The molecule has 2 amide bonds. The Hall–Kier alpha value is -1.57. The van der Waals surface area contributed by atoms with E-state index in [1.807, 2.05) is 19.9 Å². The summed E-state index contributed by atoms with van der Waals surface area (Å²) in [5, 5.41) is 8.76. The molecule has 0 N–H and O–H groups in total. The van der Waals surface area contributed by atoms with Crippen molar-refractivity contribution in [1.29, 1.82) is 5.26 Å².